The predicted molar refractivity (Wildman–Crippen MR) is 113 cm³/mol. The topological polar surface area (TPSA) is 103 Å². The summed E-state index contributed by atoms with van der Waals surface area (Å²) in [6.45, 7) is 4.18. The summed E-state index contributed by atoms with van der Waals surface area (Å²) in [6, 6.07) is 9.78. The lowest BCUT2D eigenvalue weighted by molar-refractivity contribution is -0.153. The van der Waals surface area contributed by atoms with E-state index >= 15 is 0 Å². The molecule has 0 saturated carbocycles. The molecule has 0 fully saturated rings. The zero-order valence-electron chi connectivity index (χ0n) is 17.1. The van der Waals surface area contributed by atoms with Gasteiger partial charge >= 0.3 is 5.97 Å². The number of rotatable bonds is 8. The van der Waals surface area contributed by atoms with Crippen LogP contribution in [0.2, 0.25) is 5.02 Å². The number of nitrogens with one attached hydrogen (secondary N) is 2. The van der Waals surface area contributed by atoms with E-state index < -0.39 is 24.6 Å². The van der Waals surface area contributed by atoms with Gasteiger partial charge in [-0.25, -0.2) is 4.79 Å². The molecule has 1 atom stereocenters. The Kier molecular flexibility index (Phi) is 8.06. The minimum Gasteiger partial charge on any atom is -0.495 e. The van der Waals surface area contributed by atoms with Crippen molar-refractivity contribution in [1.29, 1.82) is 0 Å². The van der Waals surface area contributed by atoms with Gasteiger partial charge in [0.15, 0.2) is 12.7 Å². The number of esters is 1. The molecule has 2 amide bonds. The number of hydrogen-bond acceptors (Lipinski definition) is 6. The Morgan fingerprint density at radius 3 is 2.40 bits per heavy atom. The lowest BCUT2D eigenvalue weighted by Crippen LogP contribution is -2.30. The molecule has 0 aliphatic rings. The molecule has 2 rings (SSSR count). The fraction of sp³-hybridized carbons (Fsp3) is 0.286. The van der Waals surface area contributed by atoms with Gasteiger partial charge in [-0.05, 0) is 55.8 Å². The molecule has 30 heavy (non-hydrogen) atoms. The fourth-order valence-electron chi connectivity index (χ4n) is 2.51. The number of carbonyl (C=O) groups excluding carboxylic acids is 3. The smallest absolute Gasteiger partial charge is 0.347 e. The molecule has 2 aromatic carbocycles. The van der Waals surface area contributed by atoms with E-state index in [2.05, 4.69) is 10.6 Å². The largest absolute Gasteiger partial charge is 0.495 e. The van der Waals surface area contributed by atoms with Crippen molar-refractivity contribution in [3.05, 3.63) is 47.0 Å². The lowest BCUT2D eigenvalue weighted by Gasteiger charge is -2.16. The number of carbonyl (C=O) groups is 3. The molecule has 1 unspecified atom stereocenters. The summed E-state index contributed by atoms with van der Waals surface area (Å²) >= 11 is 5.90. The number of aryl methyl sites for hydroxylation is 1. The maximum Gasteiger partial charge on any atom is 0.347 e. The van der Waals surface area contributed by atoms with E-state index in [0.717, 1.165) is 5.56 Å². The SMILES string of the molecule is COc1ccc(NC(C)=O)cc1NC(=O)COC(=O)C(C)Oc1ccc(Cl)cc1C. The molecular formula is C21H23ClN2O6. The highest BCUT2D eigenvalue weighted by Crippen LogP contribution is 2.28. The molecular weight excluding hydrogens is 412 g/mol. The minimum absolute atomic E-state index is 0.253. The van der Waals surface area contributed by atoms with E-state index in [0.29, 0.717) is 27.9 Å². The molecule has 160 valence electrons. The average Bonchev–Trinajstić information content (AvgIpc) is 2.68. The van der Waals surface area contributed by atoms with Crippen molar-refractivity contribution in [2.24, 2.45) is 0 Å². The average molecular weight is 435 g/mol. The second-order valence-electron chi connectivity index (χ2n) is 6.42. The molecule has 0 spiro atoms. The van der Waals surface area contributed by atoms with Gasteiger partial charge in [-0.1, -0.05) is 11.6 Å². The molecule has 8 nitrogen and oxygen atoms in total. The zero-order chi connectivity index (χ0) is 22.3. The van der Waals surface area contributed by atoms with E-state index in [9.17, 15) is 14.4 Å². The molecule has 0 aromatic heterocycles. The molecule has 0 heterocycles. The fourth-order valence-corrected chi connectivity index (χ4v) is 2.74. The first-order valence-corrected chi connectivity index (χ1v) is 9.42. The number of anilines is 2. The van der Waals surface area contributed by atoms with Gasteiger partial charge in [0.25, 0.3) is 5.91 Å². The lowest BCUT2D eigenvalue weighted by atomic mass is 10.2. The third-order valence-electron chi connectivity index (χ3n) is 3.91. The van der Waals surface area contributed by atoms with Gasteiger partial charge in [0, 0.05) is 17.6 Å². The summed E-state index contributed by atoms with van der Waals surface area (Å²) in [7, 11) is 1.45. The molecule has 0 aliphatic heterocycles. The van der Waals surface area contributed by atoms with Crippen molar-refractivity contribution in [2.75, 3.05) is 24.4 Å². The molecule has 2 aromatic rings. The highest BCUT2D eigenvalue weighted by atomic mass is 35.5. The highest BCUT2D eigenvalue weighted by molar-refractivity contribution is 6.30. The first kappa shape index (κ1) is 23.0. The van der Waals surface area contributed by atoms with Crippen LogP contribution in [0.3, 0.4) is 0 Å². The standard InChI is InChI=1S/C21H23ClN2O6/c1-12-9-15(22)5-7-18(12)30-13(2)21(27)29-11-20(26)24-17-10-16(23-14(3)25)6-8-19(17)28-4/h5-10,13H,11H2,1-4H3,(H,23,25)(H,24,26). The van der Waals surface area contributed by atoms with Crippen LogP contribution in [0.4, 0.5) is 11.4 Å². The van der Waals surface area contributed by atoms with E-state index in [4.69, 9.17) is 25.8 Å². The third kappa shape index (κ3) is 6.66. The number of benzene rings is 2. The Hall–Kier alpha value is -3.26. The quantitative estimate of drug-likeness (QED) is 0.616. The molecule has 9 heteroatoms. The van der Waals surface area contributed by atoms with Crippen LogP contribution in [0.5, 0.6) is 11.5 Å². The Morgan fingerprint density at radius 1 is 1.07 bits per heavy atom. The van der Waals surface area contributed by atoms with Gasteiger partial charge in [-0.2, -0.15) is 0 Å². The van der Waals surface area contributed by atoms with E-state index in [1.165, 1.54) is 27.0 Å². The Labute approximate surface area is 179 Å². The normalized spacial score (nSPS) is 11.2. The maximum absolute atomic E-state index is 12.2. The van der Waals surface area contributed by atoms with Crippen molar-refractivity contribution >= 4 is 40.8 Å². The molecule has 0 aliphatic carbocycles. The summed E-state index contributed by atoms with van der Waals surface area (Å²) in [5.41, 5.74) is 1.58. The zero-order valence-corrected chi connectivity index (χ0v) is 17.8. The predicted octanol–water partition coefficient (Wildman–Crippen LogP) is 3.56. The van der Waals surface area contributed by atoms with Crippen molar-refractivity contribution in [1.82, 2.24) is 0 Å². The number of halogens is 1. The van der Waals surface area contributed by atoms with Crippen molar-refractivity contribution in [2.45, 2.75) is 26.9 Å². The molecule has 0 bridgehead atoms. The second-order valence-corrected chi connectivity index (χ2v) is 6.86. The van der Waals surface area contributed by atoms with Crippen molar-refractivity contribution in [3.8, 4) is 11.5 Å². The highest BCUT2D eigenvalue weighted by Gasteiger charge is 2.19. The monoisotopic (exact) mass is 434 g/mol. The summed E-state index contributed by atoms with van der Waals surface area (Å²) in [5.74, 6) is -0.641. The first-order chi connectivity index (χ1) is 14.2. The van der Waals surface area contributed by atoms with Gasteiger partial charge < -0.3 is 24.8 Å². The van der Waals surface area contributed by atoms with Gasteiger partial charge in [-0.3, -0.25) is 9.59 Å². The van der Waals surface area contributed by atoms with Crippen LogP contribution >= 0.6 is 11.6 Å². The third-order valence-corrected chi connectivity index (χ3v) is 4.15. The summed E-state index contributed by atoms with van der Waals surface area (Å²) in [4.78, 5) is 35.6. The second kappa shape index (κ2) is 10.5. The van der Waals surface area contributed by atoms with Gasteiger partial charge in [0.05, 0.1) is 12.8 Å². The molecule has 2 N–H and O–H groups in total. The number of ether oxygens (including phenoxy) is 3. The summed E-state index contributed by atoms with van der Waals surface area (Å²) in [5, 5.41) is 5.76. The van der Waals surface area contributed by atoms with E-state index in [1.807, 2.05) is 0 Å². The van der Waals surface area contributed by atoms with Gasteiger partial charge in [0.2, 0.25) is 5.91 Å². The van der Waals surface area contributed by atoms with Crippen LogP contribution in [0.15, 0.2) is 36.4 Å². The van der Waals surface area contributed by atoms with Crippen LogP contribution in [-0.4, -0.2) is 37.6 Å². The van der Waals surface area contributed by atoms with Gasteiger partial charge in [-0.15, -0.1) is 0 Å². The van der Waals surface area contributed by atoms with Crippen molar-refractivity contribution < 1.29 is 28.6 Å². The maximum atomic E-state index is 12.2. The number of amides is 2. The number of hydrogen-bond donors (Lipinski definition) is 2. The van der Waals surface area contributed by atoms with Crippen molar-refractivity contribution in [3.63, 3.8) is 0 Å². The number of methoxy groups -OCH3 is 1. The Bertz CT molecular complexity index is 947. The minimum atomic E-state index is -0.921. The summed E-state index contributed by atoms with van der Waals surface area (Å²) in [6.07, 6.45) is -0.921. The van der Waals surface area contributed by atoms with Crippen LogP contribution in [0.25, 0.3) is 0 Å². The van der Waals surface area contributed by atoms with Crippen LogP contribution in [0.1, 0.15) is 19.4 Å². The van der Waals surface area contributed by atoms with Crippen LogP contribution in [-0.2, 0) is 19.1 Å². The van der Waals surface area contributed by atoms with Crippen LogP contribution < -0.4 is 20.1 Å². The first-order valence-electron chi connectivity index (χ1n) is 9.04. The Morgan fingerprint density at radius 2 is 1.77 bits per heavy atom. The Balaban J connectivity index is 1.93. The van der Waals surface area contributed by atoms with E-state index in [1.54, 1.807) is 37.3 Å². The van der Waals surface area contributed by atoms with Gasteiger partial charge in [0.1, 0.15) is 11.5 Å². The summed E-state index contributed by atoms with van der Waals surface area (Å²) < 4.78 is 15.8. The molecule has 0 saturated heterocycles. The van der Waals surface area contributed by atoms with Crippen LogP contribution in [0, 0.1) is 6.92 Å². The molecule has 0 radical (unpaired) electrons. The van der Waals surface area contributed by atoms with E-state index in [-0.39, 0.29) is 5.91 Å².